The molecular weight excluding hydrogens is 402 g/mol. The Kier molecular flexibility index (Phi) is 8.81. The van der Waals surface area contributed by atoms with E-state index < -0.39 is 72.6 Å². The molecule has 0 saturated carbocycles. The SMILES string of the molecule is O=C1O[C@H]([C@@H](O)CO)C(O)=C1O.O=C1O[C@H]([C@@H](O)CO)C(O)=C1O.[Zn+2]. The van der Waals surface area contributed by atoms with E-state index >= 15 is 0 Å². The number of aliphatic hydroxyl groups is 8. The second kappa shape index (κ2) is 9.54. The van der Waals surface area contributed by atoms with Gasteiger partial charge in [-0.05, 0) is 0 Å². The number of aliphatic hydroxyl groups excluding tert-OH is 8. The number of carbonyl (C=O) groups is 2. The van der Waals surface area contributed by atoms with Crippen LogP contribution >= 0.6 is 0 Å². The second-order valence-electron chi connectivity index (χ2n) is 4.62. The molecule has 2 rings (SSSR count). The van der Waals surface area contributed by atoms with Crippen LogP contribution < -0.4 is 0 Å². The number of cyclic esters (lactones) is 2. The van der Waals surface area contributed by atoms with E-state index in [-0.39, 0.29) is 19.5 Å². The van der Waals surface area contributed by atoms with Crippen LogP contribution in [-0.4, -0.2) is 90.4 Å². The molecule has 0 amide bonds. The molecule has 8 N–H and O–H groups in total. The van der Waals surface area contributed by atoms with Crippen LogP contribution in [-0.2, 0) is 38.5 Å². The minimum Gasteiger partial charge on any atom is -0.505 e. The van der Waals surface area contributed by atoms with Gasteiger partial charge >= 0.3 is 31.4 Å². The van der Waals surface area contributed by atoms with Crippen LogP contribution in [0.15, 0.2) is 23.0 Å². The van der Waals surface area contributed by atoms with Crippen molar-refractivity contribution in [1.82, 2.24) is 0 Å². The van der Waals surface area contributed by atoms with Crippen LogP contribution in [0.1, 0.15) is 0 Å². The first-order valence-corrected chi connectivity index (χ1v) is 6.39. The van der Waals surface area contributed by atoms with E-state index in [1.165, 1.54) is 0 Å². The van der Waals surface area contributed by atoms with Gasteiger partial charge in [0.05, 0.1) is 13.2 Å². The van der Waals surface area contributed by atoms with Crippen molar-refractivity contribution in [2.75, 3.05) is 13.2 Å². The first kappa shape index (κ1) is 23.1. The Hall–Kier alpha value is -1.92. The summed E-state index contributed by atoms with van der Waals surface area (Å²) in [6.45, 7) is -1.34. The summed E-state index contributed by atoms with van der Waals surface area (Å²) in [6, 6.07) is 0. The van der Waals surface area contributed by atoms with Crippen molar-refractivity contribution in [3.63, 3.8) is 0 Å². The maximum absolute atomic E-state index is 10.5. The number of esters is 2. The van der Waals surface area contributed by atoms with E-state index in [0.717, 1.165) is 0 Å². The molecular formula is C12H16O12Zn+2. The molecule has 2 aliphatic rings. The molecule has 0 aliphatic carbocycles. The fraction of sp³-hybridized carbons (Fsp3) is 0.500. The minimum atomic E-state index is -1.42. The van der Waals surface area contributed by atoms with Crippen molar-refractivity contribution in [3.8, 4) is 0 Å². The molecule has 0 aromatic carbocycles. The predicted molar refractivity (Wildman–Crippen MR) is 70.5 cm³/mol. The first-order valence-electron chi connectivity index (χ1n) is 6.39. The van der Waals surface area contributed by atoms with Crippen LogP contribution in [0.2, 0.25) is 0 Å². The predicted octanol–water partition coefficient (Wildman–Crippen LogP) is -2.82. The topological polar surface area (TPSA) is 214 Å². The summed E-state index contributed by atoms with van der Waals surface area (Å²) in [4.78, 5) is 21.1. The van der Waals surface area contributed by atoms with Crippen molar-refractivity contribution in [3.05, 3.63) is 23.0 Å². The number of hydrogen-bond acceptors (Lipinski definition) is 12. The normalized spacial score (nSPS) is 24.8. The van der Waals surface area contributed by atoms with Crippen LogP contribution in [0, 0.1) is 0 Å². The van der Waals surface area contributed by atoms with E-state index in [2.05, 4.69) is 9.47 Å². The van der Waals surface area contributed by atoms with Crippen molar-refractivity contribution < 1.29 is 79.4 Å². The summed E-state index contributed by atoms with van der Waals surface area (Å²) in [6.07, 6.45) is -5.55. The zero-order valence-corrected chi connectivity index (χ0v) is 15.6. The molecule has 2 aliphatic heterocycles. The van der Waals surface area contributed by atoms with Crippen LogP contribution in [0.25, 0.3) is 0 Å². The summed E-state index contributed by atoms with van der Waals surface area (Å²) in [5, 5.41) is 70.1. The molecule has 13 heteroatoms. The Balaban J connectivity index is 0.000000443. The van der Waals surface area contributed by atoms with Crippen LogP contribution in [0.3, 0.4) is 0 Å². The van der Waals surface area contributed by atoms with Crippen molar-refractivity contribution in [2.24, 2.45) is 0 Å². The van der Waals surface area contributed by atoms with Gasteiger partial charge in [0.25, 0.3) is 0 Å². The fourth-order valence-electron chi connectivity index (χ4n) is 1.65. The average Bonchev–Trinajstić information content (AvgIpc) is 2.98. The third-order valence-corrected chi connectivity index (χ3v) is 2.95. The van der Waals surface area contributed by atoms with E-state index in [1.54, 1.807) is 0 Å². The maximum Gasteiger partial charge on any atom is 2.00 e. The maximum atomic E-state index is 10.5. The Morgan fingerprint density at radius 1 is 0.760 bits per heavy atom. The van der Waals surface area contributed by atoms with Gasteiger partial charge in [-0.25, -0.2) is 9.59 Å². The Labute approximate surface area is 152 Å². The number of ether oxygens (including phenoxy) is 2. The van der Waals surface area contributed by atoms with Crippen LogP contribution in [0.5, 0.6) is 0 Å². The largest absolute Gasteiger partial charge is 2.00 e. The quantitative estimate of drug-likeness (QED) is 0.172. The van der Waals surface area contributed by atoms with Gasteiger partial charge in [-0.2, -0.15) is 0 Å². The molecule has 0 bridgehead atoms. The van der Waals surface area contributed by atoms with E-state index in [0.29, 0.717) is 0 Å². The minimum absolute atomic E-state index is 0. The first-order chi connectivity index (χ1) is 11.1. The van der Waals surface area contributed by atoms with Gasteiger partial charge in [-0.1, -0.05) is 0 Å². The molecule has 0 fully saturated rings. The van der Waals surface area contributed by atoms with Gasteiger partial charge < -0.3 is 50.3 Å². The average molecular weight is 418 g/mol. The molecule has 0 aromatic heterocycles. The molecule has 4 atom stereocenters. The smallest absolute Gasteiger partial charge is 0.505 e. The monoisotopic (exact) mass is 416 g/mol. The van der Waals surface area contributed by atoms with E-state index in [9.17, 15) is 9.59 Å². The Morgan fingerprint density at radius 3 is 1.20 bits per heavy atom. The Bertz CT molecular complexity index is 520. The van der Waals surface area contributed by atoms with Crippen molar-refractivity contribution in [2.45, 2.75) is 24.4 Å². The van der Waals surface area contributed by atoms with Crippen LogP contribution in [0.4, 0.5) is 0 Å². The zero-order valence-electron chi connectivity index (χ0n) is 12.6. The second-order valence-corrected chi connectivity index (χ2v) is 4.62. The molecule has 0 spiro atoms. The molecule has 0 unspecified atom stereocenters. The standard InChI is InChI=1S/2C6H8O6.Zn/c2*7-1-2(8)5-3(9)4(10)6(11)12-5;/h2*2,5,7-10H,1H2;/q;;+2/t2*2-,5+;/m00./s1. The molecule has 0 saturated heterocycles. The van der Waals surface area contributed by atoms with Crippen molar-refractivity contribution >= 4 is 11.9 Å². The van der Waals surface area contributed by atoms with Gasteiger partial charge in [0.1, 0.15) is 12.2 Å². The summed E-state index contributed by atoms with van der Waals surface area (Å²) in [7, 11) is 0. The molecule has 12 nitrogen and oxygen atoms in total. The van der Waals surface area contributed by atoms with Gasteiger partial charge in [-0.3, -0.25) is 0 Å². The summed E-state index contributed by atoms with van der Waals surface area (Å²) in [5.74, 6) is -5.56. The zero-order chi connectivity index (χ0) is 18.6. The van der Waals surface area contributed by atoms with Gasteiger partial charge in [0.15, 0.2) is 23.7 Å². The van der Waals surface area contributed by atoms with Gasteiger partial charge in [0, 0.05) is 0 Å². The fourth-order valence-corrected chi connectivity index (χ4v) is 1.65. The van der Waals surface area contributed by atoms with Crippen molar-refractivity contribution in [1.29, 1.82) is 0 Å². The number of carbonyl (C=O) groups excluding carboxylic acids is 2. The van der Waals surface area contributed by atoms with Gasteiger partial charge in [-0.15, -0.1) is 0 Å². The number of hydrogen-bond donors (Lipinski definition) is 8. The number of rotatable bonds is 4. The molecule has 2 heterocycles. The van der Waals surface area contributed by atoms with Gasteiger partial charge in [0.2, 0.25) is 11.5 Å². The molecule has 136 valence electrons. The summed E-state index contributed by atoms with van der Waals surface area (Å²) >= 11 is 0. The molecule has 0 aromatic rings. The Morgan fingerprint density at radius 2 is 1.04 bits per heavy atom. The third-order valence-electron chi connectivity index (χ3n) is 2.95. The molecule has 25 heavy (non-hydrogen) atoms. The summed E-state index contributed by atoms with van der Waals surface area (Å²) in [5.41, 5.74) is 0. The van der Waals surface area contributed by atoms with E-state index in [1.807, 2.05) is 0 Å². The third kappa shape index (κ3) is 5.03. The molecule has 0 radical (unpaired) electrons. The van der Waals surface area contributed by atoms with E-state index in [4.69, 9.17) is 40.9 Å². The summed E-state index contributed by atoms with van der Waals surface area (Å²) < 4.78 is 8.63.